The maximum atomic E-state index is 4.66. The maximum absolute atomic E-state index is 4.66. The van der Waals surface area contributed by atoms with E-state index in [9.17, 15) is 0 Å². The Kier molecular flexibility index (Phi) is 8.83. The topological polar surface area (TPSA) is 97.8 Å². The molecule has 3 aromatic rings. The van der Waals surface area contributed by atoms with Crippen LogP contribution in [0.15, 0.2) is 28.8 Å². The molecule has 152 valence electrons. The van der Waals surface area contributed by atoms with Gasteiger partial charge in [0, 0.05) is 31.4 Å². The van der Waals surface area contributed by atoms with Crippen LogP contribution < -0.4 is 10.6 Å². The van der Waals surface area contributed by atoms with E-state index in [2.05, 4.69) is 59.0 Å². The minimum Gasteiger partial charge on any atom is -0.355 e. The normalized spacial score (nSPS) is 11.3. The Morgan fingerprint density at radius 3 is 2.75 bits per heavy atom. The summed E-state index contributed by atoms with van der Waals surface area (Å²) in [6, 6.07) is 4.15. The number of hydrogen-bond acceptors (Lipinski definition) is 6. The average Bonchev–Trinajstić information content (AvgIpc) is 3.41. The number of aryl methyl sites for hydroxylation is 2. The first kappa shape index (κ1) is 22.3. The zero-order valence-corrected chi connectivity index (χ0v) is 19.4. The first-order valence-electron chi connectivity index (χ1n) is 8.93. The molecule has 0 aliphatic rings. The summed E-state index contributed by atoms with van der Waals surface area (Å²) in [5.41, 5.74) is 0. The number of nitrogens with one attached hydrogen (secondary N) is 2. The SMILES string of the molecule is CCc1nncn1CCNC(=NCc1nnc(C)n1C)NCc1cccs1.I. The lowest BCUT2D eigenvalue weighted by Gasteiger charge is -2.13. The molecular weight excluding hydrogens is 489 g/mol. The summed E-state index contributed by atoms with van der Waals surface area (Å²) in [4.78, 5) is 5.92. The van der Waals surface area contributed by atoms with Gasteiger partial charge in [0.1, 0.15) is 24.5 Å². The Bertz CT molecular complexity index is 869. The van der Waals surface area contributed by atoms with Gasteiger partial charge in [-0.15, -0.1) is 55.7 Å². The van der Waals surface area contributed by atoms with Gasteiger partial charge in [-0.3, -0.25) is 0 Å². The molecule has 0 aliphatic heterocycles. The zero-order chi connectivity index (χ0) is 19.1. The largest absolute Gasteiger partial charge is 0.355 e. The third kappa shape index (κ3) is 5.99. The highest BCUT2D eigenvalue weighted by Crippen LogP contribution is 2.07. The monoisotopic (exact) mass is 515 g/mol. The number of hydrogen-bond donors (Lipinski definition) is 2. The van der Waals surface area contributed by atoms with Crippen LogP contribution in [0.4, 0.5) is 0 Å². The van der Waals surface area contributed by atoms with Crippen molar-refractivity contribution in [2.75, 3.05) is 6.54 Å². The summed E-state index contributed by atoms with van der Waals surface area (Å²) in [5.74, 6) is 3.43. The van der Waals surface area contributed by atoms with Gasteiger partial charge in [-0.2, -0.15) is 0 Å². The summed E-state index contributed by atoms with van der Waals surface area (Å²) in [7, 11) is 1.95. The molecule has 3 heterocycles. The lowest BCUT2D eigenvalue weighted by atomic mass is 10.4. The van der Waals surface area contributed by atoms with Crippen molar-refractivity contribution in [3.8, 4) is 0 Å². The molecule has 0 bridgehead atoms. The number of guanidine groups is 1. The third-order valence-electron chi connectivity index (χ3n) is 4.23. The molecule has 0 saturated carbocycles. The second kappa shape index (κ2) is 11.1. The molecule has 2 N–H and O–H groups in total. The maximum Gasteiger partial charge on any atom is 0.192 e. The van der Waals surface area contributed by atoms with Gasteiger partial charge in [0.2, 0.25) is 0 Å². The van der Waals surface area contributed by atoms with Crippen molar-refractivity contribution in [1.82, 2.24) is 40.2 Å². The molecule has 0 aliphatic carbocycles. The number of rotatable bonds is 8. The molecule has 0 aromatic carbocycles. The third-order valence-corrected chi connectivity index (χ3v) is 5.10. The number of halogens is 1. The second-order valence-electron chi connectivity index (χ2n) is 6.04. The second-order valence-corrected chi connectivity index (χ2v) is 7.07. The van der Waals surface area contributed by atoms with Crippen LogP contribution >= 0.6 is 35.3 Å². The van der Waals surface area contributed by atoms with Crippen LogP contribution in [0.3, 0.4) is 0 Å². The Morgan fingerprint density at radius 2 is 2.07 bits per heavy atom. The molecule has 0 radical (unpaired) electrons. The van der Waals surface area contributed by atoms with Gasteiger partial charge in [0.15, 0.2) is 11.8 Å². The molecule has 0 spiro atoms. The molecule has 9 nitrogen and oxygen atoms in total. The molecule has 0 saturated heterocycles. The van der Waals surface area contributed by atoms with Crippen LogP contribution in [-0.4, -0.2) is 42.0 Å². The van der Waals surface area contributed by atoms with Crippen LogP contribution in [0.2, 0.25) is 0 Å². The number of aromatic nitrogens is 6. The Balaban J connectivity index is 0.00000280. The molecule has 3 aromatic heterocycles. The summed E-state index contributed by atoms with van der Waals surface area (Å²) in [5, 5.41) is 25.2. The Morgan fingerprint density at radius 1 is 1.21 bits per heavy atom. The van der Waals surface area contributed by atoms with Gasteiger partial charge in [0.05, 0.1) is 6.54 Å². The van der Waals surface area contributed by atoms with E-state index in [1.165, 1.54) is 4.88 Å². The lowest BCUT2D eigenvalue weighted by molar-refractivity contribution is 0.630. The molecular formula is C17H26IN9S. The van der Waals surface area contributed by atoms with Crippen molar-refractivity contribution < 1.29 is 0 Å². The molecule has 0 unspecified atom stereocenters. The standard InChI is InChI=1S/C17H25N9S.HI/c1-4-15-23-21-12-26(15)8-7-18-17(19-10-14-6-5-9-27-14)20-11-16-24-22-13(2)25(16)3;/h5-6,9,12H,4,7-8,10-11H2,1-3H3,(H2,18,19,20);1H. The van der Waals surface area contributed by atoms with Crippen LogP contribution in [0.5, 0.6) is 0 Å². The van der Waals surface area contributed by atoms with Crippen LogP contribution in [-0.2, 0) is 33.1 Å². The smallest absolute Gasteiger partial charge is 0.192 e. The lowest BCUT2D eigenvalue weighted by Crippen LogP contribution is -2.38. The summed E-state index contributed by atoms with van der Waals surface area (Å²) in [6.45, 7) is 6.70. The number of aliphatic imine (C=N–C) groups is 1. The predicted molar refractivity (Wildman–Crippen MR) is 121 cm³/mol. The molecule has 28 heavy (non-hydrogen) atoms. The molecule has 11 heteroatoms. The highest BCUT2D eigenvalue weighted by Gasteiger charge is 2.06. The van der Waals surface area contributed by atoms with Gasteiger partial charge < -0.3 is 19.8 Å². The van der Waals surface area contributed by atoms with Crippen molar-refractivity contribution in [3.05, 3.63) is 46.2 Å². The van der Waals surface area contributed by atoms with E-state index in [0.717, 1.165) is 49.5 Å². The molecule has 0 fully saturated rings. The fourth-order valence-electron chi connectivity index (χ4n) is 2.53. The van der Waals surface area contributed by atoms with Gasteiger partial charge in [0.25, 0.3) is 0 Å². The van der Waals surface area contributed by atoms with E-state index in [1.807, 2.05) is 24.6 Å². The average molecular weight is 515 g/mol. The quantitative estimate of drug-likeness (QED) is 0.270. The number of thiophene rings is 1. The fourth-order valence-corrected chi connectivity index (χ4v) is 3.18. The van der Waals surface area contributed by atoms with Crippen molar-refractivity contribution >= 4 is 41.3 Å². The van der Waals surface area contributed by atoms with E-state index in [-0.39, 0.29) is 24.0 Å². The van der Waals surface area contributed by atoms with E-state index >= 15 is 0 Å². The van der Waals surface area contributed by atoms with E-state index in [4.69, 9.17) is 0 Å². The van der Waals surface area contributed by atoms with Crippen LogP contribution in [0, 0.1) is 6.92 Å². The molecule has 0 amide bonds. The predicted octanol–water partition coefficient (Wildman–Crippen LogP) is 1.89. The van der Waals surface area contributed by atoms with Gasteiger partial charge in [-0.05, 0) is 18.4 Å². The summed E-state index contributed by atoms with van der Waals surface area (Å²) < 4.78 is 4.00. The molecule has 0 atom stereocenters. The Labute approximate surface area is 185 Å². The van der Waals surface area contributed by atoms with E-state index in [0.29, 0.717) is 6.54 Å². The van der Waals surface area contributed by atoms with Crippen molar-refractivity contribution in [2.24, 2.45) is 12.0 Å². The highest BCUT2D eigenvalue weighted by atomic mass is 127. The summed E-state index contributed by atoms with van der Waals surface area (Å²) >= 11 is 1.72. The highest BCUT2D eigenvalue weighted by molar-refractivity contribution is 14.0. The van der Waals surface area contributed by atoms with E-state index < -0.39 is 0 Å². The van der Waals surface area contributed by atoms with Gasteiger partial charge in [-0.1, -0.05) is 13.0 Å². The van der Waals surface area contributed by atoms with Crippen molar-refractivity contribution in [3.63, 3.8) is 0 Å². The fraction of sp³-hybridized carbons (Fsp3) is 0.471. The first-order chi connectivity index (χ1) is 13.2. The van der Waals surface area contributed by atoms with E-state index in [1.54, 1.807) is 17.7 Å². The minimum absolute atomic E-state index is 0. The van der Waals surface area contributed by atoms with Gasteiger partial charge >= 0.3 is 0 Å². The van der Waals surface area contributed by atoms with Crippen LogP contribution in [0.25, 0.3) is 0 Å². The van der Waals surface area contributed by atoms with Crippen molar-refractivity contribution in [1.29, 1.82) is 0 Å². The molecule has 3 rings (SSSR count). The van der Waals surface area contributed by atoms with Crippen LogP contribution in [0.1, 0.15) is 29.3 Å². The number of nitrogens with zero attached hydrogens (tertiary/aromatic N) is 7. The van der Waals surface area contributed by atoms with Gasteiger partial charge in [-0.25, -0.2) is 4.99 Å². The minimum atomic E-state index is 0. The first-order valence-corrected chi connectivity index (χ1v) is 9.81. The Hall–Kier alpha value is -2.02. The summed E-state index contributed by atoms with van der Waals surface area (Å²) in [6.07, 6.45) is 2.63. The zero-order valence-electron chi connectivity index (χ0n) is 16.3. The van der Waals surface area contributed by atoms with Crippen molar-refractivity contribution in [2.45, 2.75) is 39.9 Å².